The third-order valence-corrected chi connectivity index (χ3v) is 3.55. The summed E-state index contributed by atoms with van der Waals surface area (Å²) in [7, 11) is 2.03. The molecule has 0 atom stereocenters. The van der Waals surface area contributed by atoms with E-state index in [0.717, 1.165) is 18.8 Å². The van der Waals surface area contributed by atoms with E-state index in [1.165, 1.54) is 0 Å². The van der Waals surface area contributed by atoms with E-state index in [0.29, 0.717) is 17.9 Å². The Bertz CT molecular complexity index is 555. The van der Waals surface area contributed by atoms with E-state index in [1.54, 1.807) is 24.3 Å². The number of likely N-dealkylation sites (N-methyl/N-ethyl adjacent to an activating group) is 1. The molecule has 0 saturated heterocycles. The molecule has 0 spiro atoms. The third kappa shape index (κ3) is 4.15. The van der Waals surface area contributed by atoms with Gasteiger partial charge in [0.05, 0.1) is 16.8 Å². The van der Waals surface area contributed by atoms with Crippen molar-refractivity contribution >= 4 is 17.1 Å². The Morgan fingerprint density at radius 1 is 1.40 bits per heavy atom. The molecule has 0 amide bonds. The molecule has 0 bridgehead atoms. The molecular formula is C15H18N2O2S. The normalized spacial score (nSPS) is 10.8. The fourth-order valence-electron chi connectivity index (χ4n) is 1.87. The van der Waals surface area contributed by atoms with Crippen molar-refractivity contribution in [3.63, 3.8) is 0 Å². The van der Waals surface area contributed by atoms with Gasteiger partial charge in [-0.2, -0.15) is 0 Å². The van der Waals surface area contributed by atoms with E-state index in [-0.39, 0.29) is 5.78 Å². The van der Waals surface area contributed by atoms with Crippen LogP contribution in [0, 0.1) is 0 Å². The first-order chi connectivity index (χ1) is 9.66. The average molecular weight is 290 g/mol. The van der Waals surface area contributed by atoms with Crippen LogP contribution in [-0.4, -0.2) is 35.9 Å². The van der Waals surface area contributed by atoms with Gasteiger partial charge in [0, 0.05) is 18.5 Å². The Morgan fingerprint density at radius 2 is 2.20 bits per heavy atom. The molecule has 0 aliphatic heterocycles. The fourth-order valence-corrected chi connectivity index (χ4v) is 2.42. The van der Waals surface area contributed by atoms with Crippen molar-refractivity contribution in [3.8, 4) is 5.75 Å². The van der Waals surface area contributed by atoms with E-state index in [9.17, 15) is 4.79 Å². The minimum Gasteiger partial charge on any atom is -0.491 e. The number of para-hydroxylation sites is 1. The van der Waals surface area contributed by atoms with Crippen LogP contribution < -0.4 is 4.74 Å². The number of aromatic nitrogens is 1. The molecule has 1 aromatic heterocycles. The lowest BCUT2D eigenvalue weighted by atomic mass is 10.1. The lowest BCUT2D eigenvalue weighted by Crippen LogP contribution is -2.24. The molecule has 5 heteroatoms. The van der Waals surface area contributed by atoms with E-state index in [2.05, 4.69) is 9.88 Å². The van der Waals surface area contributed by atoms with Gasteiger partial charge in [-0.05, 0) is 26.1 Å². The zero-order valence-electron chi connectivity index (χ0n) is 11.7. The Kier molecular flexibility index (Phi) is 5.26. The number of benzene rings is 1. The van der Waals surface area contributed by atoms with E-state index < -0.39 is 0 Å². The van der Waals surface area contributed by atoms with E-state index in [4.69, 9.17) is 4.74 Å². The highest BCUT2D eigenvalue weighted by Gasteiger charge is 2.08. The number of thiazole rings is 1. The average Bonchev–Trinajstić information content (AvgIpc) is 2.92. The van der Waals surface area contributed by atoms with Crippen LogP contribution >= 0.6 is 11.3 Å². The predicted molar refractivity (Wildman–Crippen MR) is 80.4 cm³/mol. The summed E-state index contributed by atoms with van der Waals surface area (Å²) in [6.45, 7) is 3.69. The summed E-state index contributed by atoms with van der Waals surface area (Å²) in [4.78, 5) is 17.9. The number of ketones is 1. The summed E-state index contributed by atoms with van der Waals surface area (Å²) in [6, 6.07) is 7.34. The molecule has 2 rings (SSSR count). The Balaban J connectivity index is 1.82. The second kappa shape index (κ2) is 7.17. The minimum atomic E-state index is 0.0245. The highest BCUT2D eigenvalue weighted by Crippen LogP contribution is 2.18. The molecule has 0 fully saturated rings. The summed E-state index contributed by atoms with van der Waals surface area (Å²) in [5.74, 6) is 0.679. The van der Waals surface area contributed by atoms with Crippen molar-refractivity contribution in [1.82, 2.24) is 9.88 Å². The molecule has 0 radical (unpaired) electrons. The maximum atomic E-state index is 11.5. The molecule has 20 heavy (non-hydrogen) atoms. The first kappa shape index (κ1) is 14.7. The molecule has 2 aromatic rings. The lowest BCUT2D eigenvalue weighted by molar-refractivity contribution is 0.101. The summed E-state index contributed by atoms with van der Waals surface area (Å²) < 4.78 is 5.71. The van der Waals surface area contributed by atoms with Gasteiger partial charge < -0.3 is 4.74 Å². The number of nitrogens with zero attached hydrogens (tertiary/aromatic N) is 2. The Labute approximate surface area is 123 Å². The van der Waals surface area contributed by atoms with Gasteiger partial charge in [-0.15, -0.1) is 11.3 Å². The van der Waals surface area contributed by atoms with Crippen LogP contribution in [0.15, 0.2) is 35.2 Å². The monoisotopic (exact) mass is 290 g/mol. The van der Waals surface area contributed by atoms with Crippen molar-refractivity contribution in [1.29, 1.82) is 0 Å². The first-order valence-corrected chi connectivity index (χ1v) is 7.39. The van der Waals surface area contributed by atoms with Gasteiger partial charge in [0.25, 0.3) is 0 Å². The molecule has 4 nitrogen and oxygen atoms in total. The maximum absolute atomic E-state index is 11.5. The molecule has 0 unspecified atom stereocenters. The number of hydrogen-bond donors (Lipinski definition) is 0. The predicted octanol–water partition coefficient (Wildman–Crippen LogP) is 2.86. The molecule has 106 valence electrons. The first-order valence-electron chi connectivity index (χ1n) is 6.45. The number of rotatable bonds is 7. The smallest absolute Gasteiger partial charge is 0.163 e. The molecule has 0 saturated carbocycles. The minimum absolute atomic E-state index is 0.0245. The SMILES string of the molecule is CC(=O)c1ccccc1OCCN(C)Cc1cscn1. The van der Waals surface area contributed by atoms with Gasteiger partial charge in [-0.3, -0.25) is 9.69 Å². The second-order valence-corrected chi connectivity index (χ2v) is 5.34. The molecular weight excluding hydrogens is 272 g/mol. The van der Waals surface area contributed by atoms with Crippen LogP contribution in [0.1, 0.15) is 23.0 Å². The largest absolute Gasteiger partial charge is 0.491 e. The third-order valence-electron chi connectivity index (χ3n) is 2.91. The van der Waals surface area contributed by atoms with Crippen LogP contribution in [0.4, 0.5) is 0 Å². The highest BCUT2D eigenvalue weighted by atomic mass is 32.1. The zero-order valence-corrected chi connectivity index (χ0v) is 12.5. The van der Waals surface area contributed by atoms with Crippen LogP contribution in [0.25, 0.3) is 0 Å². The standard InChI is InChI=1S/C15H18N2O2S/c1-12(18)14-5-3-4-6-15(14)19-8-7-17(2)9-13-10-20-11-16-13/h3-6,10-11H,7-9H2,1-2H3. The van der Waals surface area contributed by atoms with Crippen LogP contribution in [0.5, 0.6) is 5.75 Å². The lowest BCUT2D eigenvalue weighted by Gasteiger charge is -2.16. The van der Waals surface area contributed by atoms with Gasteiger partial charge in [0.15, 0.2) is 5.78 Å². The van der Waals surface area contributed by atoms with Crippen molar-refractivity contribution in [2.45, 2.75) is 13.5 Å². The van der Waals surface area contributed by atoms with E-state index in [1.807, 2.05) is 36.1 Å². The fraction of sp³-hybridized carbons (Fsp3) is 0.333. The summed E-state index contributed by atoms with van der Waals surface area (Å²) in [6.07, 6.45) is 0. The number of carbonyl (C=O) groups is 1. The number of carbonyl (C=O) groups excluding carboxylic acids is 1. The summed E-state index contributed by atoms with van der Waals surface area (Å²) in [5.41, 5.74) is 3.54. The molecule has 0 N–H and O–H groups in total. The molecule has 0 aliphatic rings. The quantitative estimate of drug-likeness (QED) is 0.735. The van der Waals surface area contributed by atoms with Crippen LogP contribution in [-0.2, 0) is 6.54 Å². The zero-order chi connectivity index (χ0) is 14.4. The van der Waals surface area contributed by atoms with Crippen LogP contribution in [0.2, 0.25) is 0 Å². The molecule has 0 aliphatic carbocycles. The number of Topliss-reactive ketones (excluding diaryl/α,β-unsaturated/α-hetero) is 1. The molecule has 1 heterocycles. The van der Waals surface area contributed by atoms with Gasteiger partial charge >= 0.3 is 0 Å². The number of ether oxygens (including phenoxy) is 1. The Hall–Kier alpha value is -1.72. The van der Waals surface area contributed by atoms with Gasteiger partial charge in [0.1, 0.15) is 12.4 Å². The molecule has 1 aromatic carbocycles. The van der Waals surface area contributed by atoms with E-state index >= 15 is 0 Å². The van der Waals surface area contributed by atoms with Crippen LogP contribution in [0.3, 0.4) is 0 Å². The summed E-state index contributed by atoms with van der Waals surface area (Å²) >= 11 is 1.60. The number of hydrogen-bond acceptors (Lipinski definition) is 5. The van der Waals surface area contributed by atoms with Crippen molar-refractivity contribution < 1.29 is 9.53 Å². The maximum Gasteiger partial charge on any atom is 0.163 e. The highest BCUT2D eigenvalue weighted by molar-refractivity contribution is 7.07. The van der Waals surface area contributed by atoms with Crippen molar-refractivity contribution in [3.05, 3.63) is 46.4 Å². The van der Waals surface area contributed by atoms with Crippen molar-refractivity contribution in [2.75, 3.05) is 20.2 Å². The topological polar surface area (TPSA) is 42.4 Å². The van der Waals surface area contributed by atoms with Crippen molar-refractivity contribution in [2.24, 2.45) is 0 Å². The van der Waals surface area contributed by atoms with Gasteiger partial charge in [-0.25, -0.2) is 4.98 Å². The Morgan fingerprint density at radius 3 is 2.90 bits per heavy atom. The van der Waals surface area contributed by atoms with Gasteiger partial charge in [0.2, 0.25) is 0 Å². The second-order valence-electron chi connectivity index (χ2n) is 4.62. The van der Waals surface area contributed by atoms with Gasteiger partial charge in [-0.1, -0.05) is 12.1 Å². The summed E-state index contributed by atoms with van der Waals surface area (Å²) in [5, 5.41) is 2.04.